The van der Waals surface area contributed by atoms with Gasteiger partial charge < -0.3 is 5.11 Å². The second-order valence-electron chi connectivity index (χ2n) is 7.36. The van der Waals surface area contributed by atoms with E-state index in [1.54, 1.807) is 0 Å². The molecule has 0 radical (unpaired) electrons. The van der Waals surface area contributed by atoms with Crippen molar-refractivity contribution in [3.63, 3.8) is 0 Å². The van der Waals surface area contributed by atoms with Crippen LogP contribution >= 0.6 is 0 Å². The molecule has 2 aromatic carbocycles. The lowest BCUT2D eigenvalue weighted by atomic mass is 9.78. The molecule has 118 valence electrons. The summed E-state index contributed by atoms with van der Waals surface area (Å²) in [5, 5.41) is 10.5. The highest BCUT2D eigenvalue weighted by molar-refractivity contribution is 5.66. The predicted molar refractivity (Wildman–Crippen MR) is 95.1 cm³/mol. The molecule has 0 bridgehead atoms. The van der Waals surface area contributed by atoms with Crippen LogP contribution in [-0.4, -0.2) is 5.11 Å². The second-order valence-corrected chi connectivity index (χ2v) is 7.36. The van der Waals surface area contributed by atoms with Crippen molar-refractivity contribution in [2.45, 2.75) is 58.5 Å². The maximum absolute atomic E-state index is 10.5. The Balaban J connectivity index is 2.60. The fourth-order valence-corrected chi connectivity index (χ4v) is 2.94. The maximum atomic E-state index is 10.5. The molecule has 2 aromatic rings. The molecule has 0 aliphatic heterocycles. The van der Waals surface area contributed by atoms with Crippen LogP contribution in [0.4, 0.5) is 0 Å². The van der Waals surface area contributed by atoms with E-state index in [0.717, 1.165) is 18.4 Å². The summed E-state index contributed by atoms with van der Waals surface area (Å²) >= 11 is 0. The Morgan fingerprint density at radius 3 is 1.95 bits per heavy atom. The first kappa shape index (κ1) is 16.8. The first-order valence-corrected chi connectivity index (χ1v) is 8.18. The van der Waals surface area contributed by atoms with Gasteiger partial charge in [-0.15, -0.1) is 0 Å². The first-order valence-electron chi connectivity index (χ1n) is 8.18. The highest BCUT2D eigenvalue weighted by atomic mass is 16.3. The van der Waals surface area contributed by atoms with Gasteiger partial charge in [0.05, 0.1) is 5.60 Å². The first-order chi connectivity index (χ1) is 10.2. The zero-order chi connectivity index (χ0) is 16.4. The van der Waals surface area contributed by atoms with Crippen LogP contribution < -0.4 is 0 Å². The minimum absolute atomic E-state index is 0.111. The summed E-state index contributed by atoms with van der Waals surface area (Å²) in [6.45, 7) is 10.5. The number of hydrogen-bond donors (Lipinski definition) is 1. The summed E-state index contributed by atoms with van der Waals surface area (Å²) in [6.07, 6.45) is 2.29. The van der Waals surface area contributed by atoms with Crippen molar-refractivity contribution in [3.8, 4) is 11.1 Å². The van der Waals surface area contributed by atoms with Crippen LogP contribution in [0, 0.1) is 0 Å². The number of aliphatic hydroxyl groups is 1. The van der Waals surface area contributed by atoms with Gasteiger partial charge in [0, 0.05) is 0 Å². The molecule has 0 atom stereocenters. The highest BCUT2D eigenvalue weighted by Gasteiger charge is 2.24. The molecule has 2 rings (SSSR count). The average Bonchev–Trinajstić information content (AvgIpc) is 2.47. The van der Waals surface area contributed by atoms with Gasteiger partial charge in [-0.1, -0.05) is 69.7 Å². The third-order valence-electron chi connectivity index (χ3n) is 4.40. The molecule has 1 N–H and O–H groups in total. The van der Waals surface area contributed by atoms with E-state index in [-0.39, 0.29) is 5.41 Å². The SMILES string of the molecule is CCCC(C)(C)c1cc(-c2ccccc2)cc(C(C)(C)O)c1. The summed E-state index contributed by atoms with van der Waals surface area (Å²) in [5.41, 5.74) is 3.93. The molecule has 0 amide bonds. The topological polar surface area (TPSA) is 20.2 Å². The van der Waals surface area contributed by atoms with Crippen LogP contribution in [0.2, 0.25) is 0 Å². The van der Waals surface area contributed by atoms with Crippen molar-refractivity contribution >= 4 is 0 Å². The Hall–Kier alpha value is -1.60. The second kappa shape index (κ2) is 6.26. The molecular formula is C21H28O. The summed E-state index contributed by atoms with van der Waals surface area (Å²) in [6, 6.07) is 17.0. The third kappa shape index (κ3) is 3.78. The van der Waals surface area contributed by atoms with Gasteiger partial charge in [-0.05, 0) is 54.0 Å². The van der Waals surface area contributed by atoms with E-state index in [4.69, 9.17) is 0 Å². The molecule has 22 heavy (non-hydrogen) atoms. The lowest BCUT2D eigenvalue weighted by Gasteiger charge is -2.28. The highest BCUT2D eigenvalue weighted by Crippen LogP contribution is 2.35. The molecule has 1 nitrogen and oxygen atoms in total. The van der Waals surface area contributed by atoms with Gasteiger partial charge in [0.15, 0.2) is 0 Å². The molecule has 1 heteroatoms. The molecule has 0 aromatic heterocycles. The minimum atomic E-state index is -0.832. The summed E-state index contributed by atoms with van der Waals surface area (Å²) in [5.74, 6) is 0. The van der Waals surface area contributed by atoms with E-state index in [0.29, 0.717) is 0 Å². The molecule has 0 fully saturated rings. The van der Waals surface area contributed by atoms with Crippen LogP contribution in [0.15, 0.2) is 48.5 Å². The van der Waals surface area contributed by atoms with Gasteiger partial charge in [0.1, 0.15) is 0 Å². The van der Waals surface area contributed by atoms with Crippen LogP contribution in [-0.2, 0) is 11.0 Å². The van der Waals surface area contributed by atoms with E-state index in [1.165, 1.54) is 16.7 Å². The van der Waals surface area contributed by atoms with Crippen molar-refractivity contribution < 1.29 is 5.11 Å². The predicted octanol–water partition coefficient (Wildman–Crippen LogP) is 5.66. The van der Waals surface area contributed by atoms with Crippen LogP contribution in [0.3, 0.4) is 0 Å². The van der Waals surface area contributed by atoms with Gasteiger partial charge in [-0.3, -0.25) is 0 Å². The Kier molecular flexibility index (Phi) is 4.77. The standard InChI is InChI=1S/C21H28O/c1-6-12-20(2,3)18-13-17(16-10-8-7-9-11-16)14-19(15-18)21(4,5)22/h7-11,13-15,22H,6,12H2,1-5H3. The Morgan fingerprint density at radius 1 is 0.818 bits per heavy atom. The molecule has 0 saturated heterocycles. The summed E-state index contributed by atoms with van der Waals surface area (Å²) in [4.78, 5) is 0. The van der Waals surface area contributed by atoms with Crippen LogP contribution in [0.5, 0.6) is 0 Å². The van der Waals surface area contributed by atoms with Gasteiger partial charge >= 0.3 is 0 Å². The largest absolute Gasteiger partial charge is 0.386 e. The lowest BCUT2D eigenvalue weighted by Crippen LogP contribution is -2.21. The monoisotopic (exact) mass is 296 g/mol. The normalized spacial score (nSPS) is 12.5. The molecule has 0 aliphatic carbocycles. The number of rotatable bonds is 5. The van der Waals surface area contributed by atoms with E-state index < -0.39 is 5.60 Å². The molecule has 0 aliphatic rings. The molecule has 0 spiro atoms. The summed E-state index contributed by atoms with van der Waals surface area (Å²) < 4.78 is 0. The van der Waals surface area contributed by atoms with E-state index in [9.17, 15) is 5.11 Å². The Bertz CT molecular complexity index is 618. The van der Waals surface area contributed by atoms with Gasteiger partial charge in [0.2, 0.25) is 0 Å². The van der Waals surface area contributed by atoms with Crippen molar-refractivity contribution in [2.24, 2.45) is 0 Å². The zero-order valence-electron chi connectivity index (χ0n) is 14.5. The average molecular weight is 296 g/mol. The van der Waals surface area contributed by atoms with Crippen molar-refractivity contribution in [1.82, 2.24) is 0 Å². The third-order valence-corrected chi connectivity index (χ3v) is 4.40. The number of benzene rings is 2. The van der Waals surface area contributed by atoms with Gasteiger partial charge in [-0.25, -0.2) is 0 Å². The van der Waals surface area contributed by atoms with Crippen molar-refractivity contribution in [1.29, 1.82) is 0 Å². The Morgan fingerprint density at radius 2 is 1.41 bits per heavy atom. The van der Waals surface area contributed by atoms with E-state index in [2.05, 4.69) is 63.2 Å². The fourth-order valence-electron chi connectivity index (χ4n) is 2.94. The molecular weight excluding hydrogens is 268 g/mol. The molecule has 0 unspecified atom stereocenters. The Labute approximate surface area is 135 Å². The van der Waals surface area contributed by atoms with Crippen molar-refractivity contribution in [2.75, 3.05) is 0 Å². The van der Waals surface area contributed by atoms with Gasteiger partial charge in [0.25, 0.3) is 0 Å². The maximum Gasteiger partial charge on any atom is 0.0840 e. The molecule has 0 heterocycles. The van der Waals surface area contributed by atoms with Crippen LogP contribution in [0.1, 0.15) is 58.6 Å². The smallest absolute Gasteiger partial charge is 0.0840 e. The van der Waals surface area contributed by atoms with Gasteiger partial charge in [-0.2, -0.15) is 0 Å². The van der Waals surface area contributed by atoms with E-state index >= 15 is 0 Å². The summed E-state index contributed by atoms with van der Waals surface area (Å²) in [7, 11) is 0. The lowest BCUT2D eigenvalue weighted by molar-refractivity contribution is 0.0785. The zero-order valence-corrected chi connectivity index (χ0v) is 14.5. The van der Waals surface area contributed by atoms with Crippen LogP contribution in [0.25, 0.3) is 11.1 Å². The quantitative estimate of drug-likeness (QED) is 0.755. The van der Waals surface area contributed by atoms with Crippen molar-refractivity contribution in [3.05, 3.63) is 59.7 Å². The molecule has 0 saturated carbocycles. The fraction of sp³-hybridized carbons (Fsp3) is 0.429. The number of hydrogen-bond acceptors (Lipinski definition) is 1. The minimum Gasteiger partial charge on any atom is -0.386 e. The van der Waals surface area contributed by atoms with E-state index in [1.807, 2.05) is 19.9 Å².